The molecule has 1 saturated heterocycles. The average Bonchev–Trinajstić information content (AvgIpc) is 2.15. The van der Waals surface area contributed by atoms with Gasteiger partial charge in [0.05, 0.1) is 0 Å². The lowest BCUT2D eigenvalue weighted by atomic mass is 10.1. The third kappa shape index (κ3) is 3.13. The second-order valence-corrected chi connectivity index (χ2v) is 3.40. The van der Waals surface area contributed by atoms with E-state index in [1.807, 2.05) is 6.08 Å². The first-order chi connectivity index (χ1) is 5.84. The lowest BCUT2D eigenvalue weighted by Crippen LogP contribution is -2.36. The maximum absolute atomic E-state index is 5.45. The van der Waals surface area contributed by atoms with Crippen molar-refractivity contribution in [2.75, 3.05) is 26.8 Å². The average molecular weight is 190 g/mol. The Kier molecular flexibility index (Phi) is 4.66. The van der Waals surface area contributed by atoms with E-state index in [0.717, 1.165) is 32.6 Å². The van der Waals surface area contributed by atoms with Gasteiger partial charge >= 0.3 is 0 Å². The third-order valence-electron chi connectivity index (χ3n) is 2.30. The number of likely N-dealkylation sites (N-methyl/N-ethyl adjacent to an activating group) is 1. The number of halogens is 1. The Morgan fingerprint density at radius 1 is 1.50 bits per heavy atom. The molecular formula is C9H16ClNO. The van der Waals surface area contributed by atoms with Gasteiger partial charge in [-0.05, 0) is 19.9 Å². The van der Waals surface area contributed by atoms with Crippen LogP contribution in [0.1, 0.15) is 12.8 Å². The van der Waals surface area contributed by atoms with Gasteiger partial charge in [-0.1, -0.05) is 17.7 Å². The molecule has 0 N–H and O–H groups in total. The summed E-state index contributed by atoms with van der Waals surface area (Å²) in [5, 5.41) is 0. The molecule has 0 aromatic rings. The van der Waals surface area contributed by atoms with Crippen molar-refractivity contribution in [3.05, 3.63) is 11.6 Å². The fraction of sp³-hybridized carbons (Fsp3) is 0.778. The number of hydrogen-bond donors (Lipinski definition) is 0. The van der Waals surface area contributed by atoms with Crippen LogP contribution >= 0.6 is 11.6 Å². The molecular weight excluding hydrogens is 174 g/mol. The molecule has 12 heavy (non-hydrogen) atoms. The van der Waals surface area contributed by atoms with Gasteiger partial charge in [-0.25, -0.2) is 0 Å². The van der Waals surface area contributed by atoms with E-state index < -0.39 is 0 Å². The second kappa shape index (κ2) is 5.57. The summed E-state index contributed by atoms with van der Waals surface area (Å²) in [7, 11) is 2.13. The molecule has 70 valence electrons. The molecule has 0 unspecified atom stereocenters. The van der Waals surface area contributed by atoms with E-state index in [1.165, 1.54) is 0 Å². The highest BCUT2D eigenvalue weighted by molar-refractivity contribution is 6.25. The minimum absolute atomic E-state index is 0.673. The Labute approximate surface area is 79.1 Å². The Morgan fingerprint density at radius 3 is 2.75 bits per heavy atom. The lowest BCUT2D eigenvalue weighted by molar-refractivity contribution is 0.0465. The predicted molar refractivity (Wildman–Crippen MR) is 51.5 cm³/mol. The van der Waals surface area contributed by atoms with Crippen LogP contribution in [-0.2, 0) is 4.74 Å². The van der Waals surface area contributed by atoms with E-state index >= 15 is 0 Å². The SMILES string of the molecule is CN(C/C=C/Cl)C1CCOCC1. The zero-order valence-electron chi connectivity index (χ0n) is 7.50. The minimum atomic E-state index is 0.673. The summed E-state index contributed by atoms with van der Waals surface area (Å²) in [6, 6.07) is 0.673. The normalized spacial score (nSPS) is 20.9. The summed E-state index contributed by atoms with van der Waals surface area (Å²) >= 11 is 5.45. The molecule has 0 bridgehead atoms. The van der Waals surface area contributed by atoms with Crippen molar-refractivity contribution in [2.24, 2.45) is 0 Å². The standard InChI is InChI=1S/C9H16ClNO/c1-11(6-2-5-10)9-3-7-12-8-4-9/h2,5,9H,3-4,6-8H2,1H3/b5-2+. The highest BCUT2D eigenvalue weighted by atomic mass is 35.5. The first-order valence-corrected chi connectivity index (χ1v) is 4.81. The molecule has 1 fully saturated rings. The van der Waals surface area contributed by atoms with E-state index in [4.69, 9.17) is 16.3 Å². The van der Waals surface area contributed by atoms with Gasteiger partial charge in [0, 0.05) is 31.3 Å². The summed E-state index contributed by atoms with van der Waals surface area (Å²) in [6.07, 6.45) is 4.26. The van der Waals surface area contributed by atoms with E-state index in [0.29, 0.717) is 6.04 Å². The maximum atomic E-state index is 5.45. The van der Waals surface area contributed by atoms with Crippen LogP contribution in [-0.4, -0.2) is 37.7 Å². The molecule has 0 amide bonds. The van der Waals surface area contributed by atoms with Crippen molar-refractivity contribution in [3.8, 4) is 0 Å². The van der Waals surface area contributed by atoms with Crippen molar-refractivity contribution in [1.82, 2.24) is 4.90 Å². The number of ether oxygens (including phenoxy) is 1. The van der Waals surface area contributed by atoms with Gasteiger partial charge in [0.25, 0.3) is 0 Å². The summed E-state index contributed by atoms with van der Waals surface area (Å²) in [5.74, 6) is 0. The Balaban J connectivity index is 2.24. The summed E-state index contributed by atoms with van der Waals surface area (Å²) in [5.41, 5.74) is 1.58. The Morgan fingerprint density at radius 2 is 2.17 bits per heavy atom. The summed E-state index contributed by atoms with van der Waals surface area (Å²) in [6.45, 7) is 2.74. The molecule has 0 aromatic carbocycles. The number of hydrogen-bond acceptors (Lipinski definition) is 2. The molecule has 3 heteroatoms. The van der Waals surface area contributed by atoms with E-state index in [9.17, 15) is 0 Å². The highest BCUT2D eigenvalue weighted by Crippen LogP contribution is 2.12. The van der Waals surface area contributed by atoms with Crippen molar-refractivity contribution >= 4 is 11.6 Å². The molecule has 1 aliphatic rings. The molecule has 0 atom stereocenters. The maximum Gasteiger partial charge on any atom is 0.0480 e. The Bertz CT molecular complexity index is 143. The van der Waals surface area contributed by atoms with Gasteiger partial charge in [0.15, 0.2) is 0 Å². The molecule has 0 saturated carbocycles. The van der Waals surface area contributed by atoms with Gasteiger partial charge in [0.2, 0.25) is 0 Å². The van der Waals surface area contributed by atoms with E-state index in [1.54, 1.807) is 5.54 Å². The van der Waals surface area contributed by atoms with Crippen LogP contribution in [0.15, 0.2) is 11.6 Å². The first kappa shape index (κ1) is 10.0. The molecule has 0 aliphatic carbocycles. The van der Waals surface area contributed by atoms with Crippen LogP contribution in [0.4, 0.5) is 0 Å². The molecule has 2 nitrogen and oxygen atoms in total. The Hall–Kier alpha value is -0.0500. The second-order valence-electron chi connectivity index (χ2n) is 3.14. The highest BCUT2D eigenvalue weighted by Gasteiger charge is 2.16. The minimum Gasteiger partial charge on any atom is -0.381 e. The summed E-state index contributed by atoms with van der Waals surface area (Å²) < 4.78 is 5.28. The molecule has 1 rings (SSSR count). The van der Waals surface area contributed by atoms with Gasteiger partial charge in [0.1, 0.15) is 0 Å². The van der Waals surface area contributed by atoms with Gasteiger partial charge in [-0.2, -0.15) is 0 Å². The zero-order valence-corrected chi connectivity index (χ0v) is 8.26. The van der Waals surface area contributed by atoms with Gasteiger partial charge in [-0.3, -0.25) is 4.90 Å². The van der Waals surface area contributed by atoms with Crippen LogP contribution in [0.2, 0.25) is 0 Å². The van der Waals surface area contributed by atoms with E-state index in [2.05, 4.69) is 11.9 Å². The number of nitrogens with zero attached hydrogens (tertiary/aromatic N) is 1. The monoisotopic (exact) mass is 189 g/mol. The van der Waals surface area contributed by atoms with Crippen LogP contribution in [0.3, 0.4) is 0 Å². The largest absolute Gasteiger partial charge is 0.381 e. The predicted octanol–water partition coefficient (Wildman–Crippen LogP) is 1.85. The van der Waals surface area contributed by atoms with Crippen molar-refractivity contribution in [3.63, 3.8) is 0 Å². The molecule has 0 aromatic heterocycles. The zero-order chi connectivity index (χ0) is 8.81. The van der Waals surface area contributed by atoms with Crippen molar-refractivity contribution in [2.45, 2.75) is 18.9 Å². The van der Waals surface area contributed by atoms with Crippen LogP contribution in [0, 0.1) is 0 Å². The molecule has 1 aliphatic heterocycles. The van der Waals surface area contributed by atoms with E-state index in [-0.39, 0.29) is 0 Å². The van der Waals surface area contributed by atoms with Gasteiger partial charge in [-0.15, -0.1) is 0 Å². The van der Waals surface area contributed by atoms with Crippen molar-refractivity contribution < 1.29 is 4.74 Å². The van der Waals surface area contributed by atoms with Crippen LogP contribution < -0.4 is 0 Å². The van der Waals surface area contributed by atoms with Crippen LogP contribution in [0.5, 0.6) is 0 Å². The van der Waals surface area contributed by atoms with Gasteiger partial charge < -0.3 is 4.74 Å². The van der Waals surface area contributed by atoms with Crippen molar-refractivity contribution in [1.29, 1.82) is 0 Å². The van der Waals surface area contributed by atoms with Crippen LogP contribution in [0.25, 0.3) is 0 Å². The first-order valence-electron chi connectivity index (χ1n) is 4.38. The summed E-state index contributed by atoms with van der Waals surface area (Å²) in [4.78, 5) is 2.32. The lowest BCUT2D eigenvalue weighted by Gasteiger charge is -2.30. The smallest absolute Gasteiger partial charge is 0.0480 e. The molecule has 1 heterocycles. The quantitative estimate of drug-likeness (QED) is 0.672. The topological polar surface area (TPSA) is 12.5 Å². The fourth-order valence-corrected chi connectivity index (χ4v) is 1.56. The number of rotatable bonds is 3. The fourth-order valence-electron chi connectivity index (χ4n) is 1.48. The molecule has 0 spiro atoms. The third-order valence-corrected chi connectivity index (χ3v) is 2.47. The molecule has 0 radical (unpaired) electrons.